The number of hydrogen-bond donors (Lipinski definition) is 0. The van der Waals surface area contributed by atoms with Crippen LogP contribution in [0.2, 0.25) is 5.02 Å². The fraction of sp³-hybridized carbons (Fsp3) is 0.118. The molecule has 6 nitrogen and oxygen atoms in total. The number of hydrogen-bond acceptors (Lipinski definition) is 5. The van der Waals surface area contributed by atoms with Crippen molar-refractivity contribution in [2.75, 3.05) is 14.2 Å². The molecule has 0 aliphatic heterocycles. The summed E-state index contributed by atoms with van der Waals surface area (Å²) >= 11 is 6.40. The molecule has 1 aromatic heterocycles. The Morgan fingerprint density at radius 1 is 1.04 bits per heavy atom. The number of nitrogens with zero attached hydrogens (tertiary/aromatic N) is 2. The van der Waals surface area contributed by atoms with Crippen LogP contribution in [0.5, 0.6) is 11.5 Å². The highest BCUT2D eigenvalue weighted by molar-refractivity contribution is 7.90. The summed E-state index contributed by atoms with van der Waals surface area (Å²) in [6.45, 7) is 0. The summed E-state index contributed by atoms with van der Waals surface area (Å²) in [5.74, 6) is 0.948. The lowest BCUT2D eigenvalue weighted by molar-refractivity contribution is 0.355. The predicted octanol–water partition coefficient (Wildman–Crippen LogP) is 3.46. The van der Waals surface area contributed by atoms with Crippen LogP contribution in [-0.4, -0.2) is 31.6 Å². The Bertz CT molecular complexity index is 1000. The van der Waals surface area contributed by atoms with Gasteiger partial charge in [0.25, 0.3) is 10.0 Å². The van der Waals surface area contributed by atoms with E-state index in [1.807, 2.05) is 0 Å². The second-order valence-electron chi connectivity index (χ2n) is 5.03. The molecule has 0 amide bonds. The van der Waals surface area contributed by atoms with E-state index in [2.05, 4.69) is 4.98 Å². The van der Waals surface area contributed by atoms with Gasteiger partial charge in [-0.1, -0.05) is 29.8 Å². The molecule has 0 fully saturated rings. The first kappa shape index (κ1) is 17.3. The summed E-state index contributed by atoms with van der Waals surface area (Å²) < 4.78 is 37.4. The van der Waals surface area contributed by atoms with Crippen LogP contribution >= 0.6 is 11.6 Å². The molecule has 1 heterocycles. The average Bonchev–Trinajstić information content (AvgIpc) is 3.12. The molecule has 0 N–H and O–H groups in total. The van der Waals surface area contributed by atoms with Crippen LogP contribution in [0.25, 0.3) is 11.4 Å². The van der Waals surface area contributed by atoms with Gasteiger partial charge in [0.2, 0.25) is 0 Å². The van der Waals surface area contributed by atoms with E-state index in [-0.39, 0.29) is 15.7 Å². The summed E-state index contributed by atoms with van der Waals surface area (Å²) in [5, 5.41) is 0.220. The monoisotopic (exact) mass is 378 g/mol. The molecule has 3 rings (SSSR count). The van der Waals surface area contributed by atoms with Gasteiger partial charge in [-0.15, -0.1) is 0 Å². The first-order valence-electron chi connectivity index (χ1n) is 7.25. The van der Waals surface area contributed by atoms with Crippen molar-refractivity contribution in [1.82, 2.24) is 8.96 Å². The SMILES string of the molecule is COc1ccc(-c2nccn2S(=O)(=O)c2ccccc2)c(Cl)c1OC. The van der Waals surface area contributed by atoms with Crippen LogP contribution in [0.3, 0.4) is 0 Å². The number of methoxy groups -OCH3 is 2. The van der Waals surface area contributed by atoms with Crippen molar-refractivity contribution >= 4 is 21.6 Å². The lowest BCUT2D eigenvalue weighted by Crippen LogP contribution is -2.13. The lowest BCUT2D eigenvalue weighted by atomic mass is 10.2. The van der Waals surface area contributed by atoms with Gasteiger partial charge in [0.05, 0.1) is 24.1 Å². The Balaban J connectivity index is 2.19. The average molecular weight is 379 g/mol. The van der Waals surface area contributed by atoms with E-state index in [0.717, 1.165) is 3.97 Å². The highest BCUT2D eigenvalue weighted by Crippen LogP contribution is 2.41. The summed E-state index contributed by atoms with van der Waals surface area (Å²) in [7, 11) is -0.849. The predicted molar refractivity (Wildman–Crippen MR) is 94.8 cm³/mol. The number of ether oxygens (including phenoxy) is 2. The second kappa shape index (κ2) is 6.78. The molecule has 0 aliphatic carbocycles. The van der Waals surface area contributed by atoms with Crippen LogP contribution in [0.1, 0.15) is 0 Å². The van der Waals surface area contributed by atoms with Gasteiger partial charge in [-0.25, -0.2) is 17.4 Å². The Kier molecular flexibility index (Phi) is 4.69. The third kappa shape index (κ3) is 2.96. The van der Waals surface area contributed by atoms with Crippen molar-refractivity contribution in [2.24, 2.45) is 0 Å². The summed E-state index contributed by atoms with van der Waals surface area (Å²) in [5.41, 5.74) is 0.420. The molecule has 2 aromatic carbocycles. The Labute approximate surface area is 150 Å². The maximum Gasteiger partial charge on any atom is 0.269 e. The zero-order valence-corrected chi connectivity index (χ0v) is 15.1. The van der Waals surface area contributed by atoms with Gasteiger partial charge < -0.3 is 9.47 Å². The Morgan fingerprint density at radius 2 is 1.76 bits per heavy atom. The smallest absolute Gasteiger partial charge is 0.269 e. The minimum Gasteiger partial charge on any atom is -0.493 e. The van der Waals surface area contributed by atoms with Gasteiger partial charge in [0, 0.05) is 18.0 Å². The van der Waals surface area contributed by atoms with Gasteiger partial charge in [0.15, 0.2) is 17.3 Å². The third-order valence-electron chi connectivity index (χ3n) is 3.63. The van der Waals surface area contributed by atoms with Crippen LogP contribution < -0.4 is 9.47 Å². The quantitative estimate of drug-likeness (QED) is 0.680. The molecule has 0 saturated heterocycles. The van der Waals surface area contributed by atoms with E-state index < -0.39 is 10.0 Å². The van der Waals surface area contributed by atoms with E-state index in [1.165, 1.54) is 38.7 Å². The number of halogens is 1. The molecule has 0 aliphatic rings. The molecule has 0 saturated carbocycles. The highest BCUT2D eigenvalue weighted by Gasteiger charge is 2.24. The minimum atomic E-state index is -3.80. The van der Waals surface area contributed by atoms with Gasteiger partial charge >= 0.3 is 0 Å². The van der Waals surface area contributed by atoms with Crippen molar-refractivity contribution in [1.29, 1.82) is 0 Å². The van der Waals surface area contributed by atoms with E-state index in [9.17, 15) is 8.42 Å². The molecule has 3 aromatic rings. The molecular weight excluding hydrogens is 364 g/mol. The molecule has 8 heteroatoms. The number of benzene rings is 2. The topological polar surface area (TPSA) is 70.4 Å². The van der Waals surface area contributed by atoms with Crippen molar-refractivity contribution in [3.8, 4) is 22.9 Å². The molecule has 0 spiro atoms. The molecule has 0 unspecified atom stereocenters. The lowest BCUT2D eigenvalue weighted by Gasteiger charge is -2.14. The van der Waals surface area contributed by atoms with Gasteiger partial charge in [-0.2, -0.15) is 0 Å². The first-order valence-corrected chi connectivity index (χ1v) is 9.07. The maximum atomic E-state index is 12.9. The Morgan fingerprint density at radius 3 is 2.40 bits per heavy atom. The molecule has 0 bridgehead atoms. The van der Waals surface area contributed by atoms with E-state index in [4.69, 9.17) is 21.1 Å². The molecule has 0 radical (unpaired) electrons. The van der Waals surface area contributed by atoms with Crippen LogP contribution in [0.15, 0.2) is 59.8 Å². The zero-order chi connectivity index (χ0) is 18.0. The first-order chi connectivity index (χ1) is 12.0. The summed E-state index contributed by atoms with van der Waals surface area (Å²) in [4.78, 5) is 4.33. The summed E-state index contributed by atoms with van der Waals surface area (Å²) in [6.07, 6.45) is 2.79. The Hall–Kier alpha value is -2.51. The molecule has 25 heavy (non-hydrogen) atoms. The van der Waals surface area contributed by atoms with Gasteiger partial charge in [-0.05, 0) is 24.3 Å². The van der Waals surface area contributed by atoms with Crippen LogP contribution in [0.4, 0.5) is 0 Å². The minimum absolute atomic E-state index is 0.158. The van der Waals surface area contributed by atoms with Crippen molar-refractivity contribution < 1.29 is 17.9 Å². The number of rotatable bonds is 5. The second-order valence-corrected chi connectivity index (χ2v) is 7.22. The number of aromatic nitrogens is 2. The van der Waals surface area contributed by atoms with Crippen LogP contribution in [-0.2, 0) is 10.0 Å². The number of imidazole rings is 1. The van der Waals surface area contributed by atoms with Crippen molar-refractivity contribution in [3.63, 3.8) is 0 Å². The zero-order valence-electron chi connectivity index (χ0n) is 13.5. The van der Waals surface area contributed by atoms with E-state index in [0.29, 0.717) is 17.1 Å². The largest absolute Gasteiger partial charge is 0.493 e. The third-order valence-corrected chi connectivity index (χ3v) is 5.69. The summed E-state index contributed by atoms with van der Waals surface area (Å²) in [6, 6.07) is 11.4. The molecule has 130 valence electrons. The fourth-order valence-corrected chi connectivity index (χ4v) is 4.08. The van der Waals surface area contributed by atoms with Crippen molar-refractivity contribution in [2.45, 2.75) is 4.90 Å². The van der Waals surface area contributed by atoms with E-state index in [1.54, 1.807) is 30.3 Å². The highest BCUT2D eigenvalue weighted by atomic mass is 35.5. The van der Waals surface area contributed by atoms with Gasteiger partial charge in [0.1, 0.15) is 0 Å². The molecule has 0 atom stereocenters. The standard InChI is InChI=1S/C17H15ClN2O4S/c1-23-14-9-8-13(15(18)16(14)24-2)17-19-10-11-20(17)25(21,22)12-6-4-3-5-7-12/h3-11H,1-2H3. The fourth-order valence-electron chi connectivity index (χ4n) is 2.44. The van der Waals surface area contributed by atoms with Crippen molar-refractivity contribution in [3.05, 3.63) is 59.9 Å². The molecular formula is C17H15ClN2O4S. The normalized spacial score (nSPS) is 11.3. The van der Waals surface area contributed by atoms with Gasteiger partial charge in [-0.3, -0.25) is 0 Å². The van der Waals surface area contributed by atoms with E-state index >= 15 is 0 Å². The van der Waals surface area contributed by atoms with Crippen LogP contribution in [0, 0.1) is 0 Å². The maximum absolute atomic E-state index is 12.9.